The van der Waals surface area contributed by atoms with Crippen molar-refractivity contribution < 1.29 is 5.11 Å². The lowest BCUT2D eigenvalue weighted by molar-refractivity contribution is 0.460. The number of aromatic hydroxyl groups is 1. The minimum atomic E-state index is -0.362. The highest BCUT2D eigenvalue weighted by Crippen LogP contribution is 2.14. The molecule has 0 fully saturated rings. The molecule has 0 saturated carbocycles. The third-order valence-corrected chi connectivity index (χ3v) is 2.68. The molecule has 4 nitrogen and oxygen atoms in total. The number of thiol groups is 1. The Kier molecular flexibility index (Phi) is 3.19. The van der Waals surface area contributed by atoms with Crippen molar-refractivity contribution >= 4 is 12.6 Å². The van der Waals surface area contributed by atoms with Crippen LogP contribution in [0.25, 0.3) is 5.69 Å². The number of benzene rings is 1. The minimum absolute atomic E-state index is 0.117. The zero-order chi connectivity index (χ0) is 12.4. The number of aryl methyl sites for hydroxylation is 1. The molecule has 0 bridgehead atoms. The van der Waals surface area contributed by atoms with E-state index in [4.69, 9.17) is 0 Å². The lowest BCUT2D eigenvalue weighted by Crippen LogP contribution is -2.21. The fourth-order valence-corrected chi connectivity index (χ4v) is 1.77. The first kappa shape index (κ1) is 11.7. The van der Waals surface area contributed by atoms with Gasteiger partial charge in [0.15, 0.2) is 0 Å². The van der Waals surface area contributed by atoms with Crippen LogP contribution in [0.15, 0.2) is 35.1 Å². The summed E-state index contributed by atoms with van der Waals surface area (Å²) in [6.45, 7) is 1.94. The quantitative estimate of drug-likeness (QED) is 0.795. The van der Waals surface area contributed by atoms with E-state index < -0.39 is 0 Å². The third-order valence-electron chi connectivity index (χ3n) is 2.38. The van der Waals surface area contributed by atoms with Crippen molar-refractivity contribution in [2.45, 2.75) is 12.7 Å². The summed E-state index contributed by atoms with van der Waals surface area (Å²) in [5, 5.41) is 13.6. The van der Waals surface area contributed by atoms with Crippen molar-refractivity contribution in [1.29, 1.82) is 0 Å². The van der Waals surface area contributed by atoms with Gasteiger partial charge in [-0.05, 0) is 24.6 Å². The van der Waals surface area contributed by atoms with Crippen molar-refractivity contribution in [2.24, 2.45) is 0 Å². The predicted octanol–water partition coefficient (Wildman–Crippen LogP) is 1.68. The Morgan fingerprint density at radius 1 is 1.41 bits per heavy atom. The van der Waals surface area contributed by atoms with Gasteiger partial charge < -0.3 is 5.11 Å². The Morgan fingerprint density at radius 3 is 2.82 bits per heavy atom. The van der Waals surface area contributed by atoms with E-state index in [-0.39, 0.29) is 17.1 Å². The van der Waals surface area contributed by atoms with Gasteiger partial charge in [0.2, 0.25) is 0 Å². The summed E-state index contributed by atoms with van der Waals surface area (Å²) in [4.78, 5) is 11.7. The molecule has 17 heavy (non-hydrogen) atoms. The molecule has 0 unspecified atom stereocenters. The van der Waals surface area contributed by atoms with Crippen LogP contribution in [0.4, 0.5) is 0 Å². The number of hydrogen-bond acceptors (Lipinski definition) is 4. The largest absolute Gasteiger partial charge is 0.506 e. The normalized spacial score (nSPS) is 10.5. The van der Waals surface area contributed by atoms with Gasteiger partial charge in [-0.25, -0.2) is 0 Å². The SMILES string of the molecule is Cc1cccc(-n2nc(CS)c(O)cc2=O)c1. The standard InChI is InChI=1S/C12H12N2O2S/c1-8-3-2-4-9(5-8)14-12(16)6-11(15)10(7-17)13-14/h2-6,15,17H,7H2,1H3. The zero-order valence-electron chi connectivity index (χ0n) is 9.29. The van der Waals surface area contributed by atoms with Crippen molar-refractivity contribution in [3.05, 3.63) is 51.9 Å². The van der Waals surface area contributed by atoms with Gasteiger partial charge in [-0.3, -0.25) is 4.79 Å². The first-order valence-electron chi connectivity index (χ1n) is 5.12. The van der Waals surface area contributed by atoms with E-state index in [1.165, 1.54) is 4.68 Å². The van der Waals surface area contributed by atoms with Crippen LogP contribution in [0, 0.1) is 6.92 Å². The molecule has 0 amide bonds. The molecule has 2 rings (SSSR count). The topological polar surface area (TPSA) is 55.1 Å². The summed E-state index contributed by atoms with van der Waals surface area (Å²) in [5.74, 6) is 0.159. The number of rotatable bonds is 2. The molecule has 0 saturated heterocycles. The van der Waals surface area contributed by atoms with E-state index in [9.17, 15) is 9.90 Å². The maximum Gasteiger partial charge on any atom is 0.275 e. The summed E-state index contributed by atoms with van der Waals surface area (Å²) in [6.07, 6.45) is 0. The Labute approximate surface area is 104 Å². The van der Waals surface area contributed by atoms with Crippen molar-refractivity contribution in [2.75, 3.05) is 0 Å². The molecule has 1 N–H and O–H groups in total. The van der Waals surface area contributed by atoms with E-state index in [0.29, 0.717) is 11.4 Å². The van der Waals surface area contributed by atoms with E-state index in [1.807, 2.05) is 25.1 Å². The Bertz CT molecular complexity index is 608. The molecule has 5 heteroatoms. The van der Waals surface area contributed by atoms with E-state index in [2.05, 4.69) is 17.7 Å². The number of nitrogens with zero attached hydrogens (tertiary/aromatic N) is 2. The van der Waals surface area contributed by atoms with E-state index in [0.717, 1.165) is 11.6 Å². The molecule has 1 aromatic heterocycles. The summed E-state index contributed by atoms with van der Waals surface area (Å²) in [6, 6.07) is 8.59. The second kappa shape index (κ2) is 4.63. The van der Waals surface area contributed by atoms with Crippen LogP contribution in [0.3, 0.4) is 0 Å². The average Bonchev–Trinajstić information content (AvgIpc) is 2.29. The molecule has 1 aromatic carbocycles. The smallest absolute Gasteiger partial charge is 0.275 e. The molecule has 0 spiro atoms. The maximum atomic E-state index is 11.7. The van der Waals surface area contributed by atoms with Gasteiger partial charge in [0.05, 0.1) is 5.69 Å². The van der Waals surface area contributed by atoms with Crippen molar-refractivity contribution in [3.8, 4) is 11.4 Å². The molecular formula is C12H12N2O2S. The minimum Gasteiger partial charge on any atom is -0.506 e. The zero-order valence-corrected chi connectivity index (χ0v) is 10.2. The lowest BCUT2D eigenvalue weighted by Gasteiger charge is -2.07. The summed E-state index contributed by atoms with van der Waals surface area (Å²) in [7, 11) is 0. The van der Waals surface area contributed by atoms with Crippen molar-refractivity contribution in [3.63, 3.8) is 0 Å². The molecule has 0 atom stereocenters. The molecule has 0 aliphatic rings. The Balaban J connectivity index is 2.63. The molecule has 0 aliphatic heterocycles. The first-order valence-corrected chi connectivity index (χ1v) is 5.75. The van der Waals surface area contributed by atoms with E-state index >= 15 is 0 Å². The molecule has 0 radical (unpaired) electrons. The van der Waals surface area contributed by atoms with Crippen LogP contribution in [0.1, 0.15) is 11.3 Å². The second-order valence-electron chi connectivity index (χ2n) is 3.72. The van der Waals surface area contributed by atoms with Gasteiger partial charge in [0.1, 0.15) is 11.4 Å². The average molecular weight is 248 g/mol. The number of aromatic nitrogens is 2. The predicted molar refractivity (Wildman–Crippen MR) is 68.9 cm³/mol. The molecule has 88 valence electrons. The van der Waals surface area contributed by atoms with Gasteiger partial charge in [0.25, 0.3) is 5.56 Å². The van der Waals surface area contributed by atoms with Gasteiger partial charge in [-0.1, -0.05) is 12.1 Å². The first-order chi connectivity index (χ1) is 8.11. The highest BCUT2D eigenvalue weighted by molar-refractivity contribution is 7.79. The van der Waals surface area contributed by atoms with Gasteiger partial charge in [0, 0.05) is 11.8 Å². The Morgan fingerprint density at radius 2 is 2.18 bits per heavy atom. The lowest BCUT2D eigenvalue weighted by atomic mass is 10.2. The van der Waals surface area contributed by atoms with E-state index in [1.54, 1.807) is 6.07 Å². The second-order valence-corrected chi connectivity index (χ2v) is 4.04. The molecule has 2 aromatic rings. The van der Waals surface area contributed by atoms with Crippen LogP contribution < -0.4 is 5.56 Å². The van der Waals surface area contributed by atoms with Gasteiger partial charge in [-0.15, -0.1) is 0 Å². The highest BCUT2D eigenvalue weighted by atomic mass is 32.1. The summed E-state index contributed by atoms with van der Waals surface area (Å²) >= 11 is 4.06. The van der Waals surface area contributed by atoms with Crippen LogP contribution in [0.2, 0.25) is 0 Å². The molecule has 1 heterocycles. The van der Waals surface area contributed by atoms with Crippen molar-refractivity contribution in [1.82, 2.24) is 9.78 Å². The van der Waals surface area contributed by atoms with Crippen LogP contribution in [0.5, 0.6) is 5.75 Å². The third kappa shape index (κ3) is 2.34. The fourth-order valence-electron chi connectivity index (χ4n) is 1.54. The van der Waals surface area contributed by atoms with Crippen LogP contribution in [-0.4, -0.2) is 14.9 Å². The monoisotopic (exact) mass is 248 g/mol. The van der Waals surface area contributed by atoms with Gasteiger partial charge in [-0.2, -0.15) is 22.4 Å². The summed E-state index contributed by atoms with van der Waals surface area (Å²) in [5.41, 5.74) is 1.74. The summed E-state index contributed by atoms with van der Waals surface area (Å²) < 4.78 is 1.26. The number of hydrogen-bond donors (Lipinski definition) is 2. The highest BCUT2D eigenvalue weighted by Gasteiger charge is 2.07. The van der Waals surface area contributed by atoms with Crippen LogP contribution in [-0.2, 0) is 5.75 Å². The fraction of sp³-hybridized carbons (Fsp3) is 0.167. The van der Waals surface area contributed by atoms with Gasteiger partial charge >= 0.3 is 0 Å². The maximum absolute atomic E-state index is 11.7. The van der Waals surface area contributed by atoms with Crippen LogP contribution >= 0.6 is 12.6 Å². The molecule has 0 aliphatic carbocycles. The Hall–Kier alpha value is -1.75. The molecular weight excluding hydrogens is 236 g/mol.